The second-order valence-electron chi connectivity index (χ2n) is 4.87. The average molecular weight is 283 g/mol. The summed E-state index contributed by atoms with van der Waals surface area (Å²) in [6.45, 7) is 2.23. The van der Waals surface area contributed by atoms with Gasteiger partial charge in [0.15, 0.2) is 0 Å². The molecule has 1 saturated carbocycles. The maximum atomic E-state index is 11.7. The van der Waals surface area contributed by atoms with Gasteiger partial charge in [0, 0.05) is 0 Å². The van der Waals surface area contributed by atoms with Crippen molar-refractivity contribution in [3.8, 4) is 5.75 Å². The Kier molecular flexibility index (Phi) is 4.10. The van der Waals surface area contributed by atoms with Crippen LogP contribution < -0.4 is 4.74 Å². The van der Waals surface area contributed by atoms with Gasteiger partial charge in [0.2, 0.25) is 0 Å². The maximum Gasteiger partial charge on any atom is 0.377 e. The molecule has 1 aliphatic rings. The number of aryl methyl sites for hydroxylation is 1. The van der Waals surface area contributed by atoms with Crippen LogP contribution in [-0.4, -0.2) is 23.5 Å². The summed E-state index contributed by atoms with van der Waals surface area (Å²) in [5, 5.41) is 9.11. The first-order valence-corrected chi connectivity index (χ1v) is 6.57. The molecular weight excluding hydrogens is 268 g/mol. The van der Waals surface area contributed by atoms with Crippen molar-refractivity contribution < 1.29 is 19.4 Å². The molecule has 1 fully saturated rings. The number of carboxylic acids is 1. The Labute approximate surface area is 116 Å². The number of ether oxygens (including phenoxy) is 1. The van der Waals surface area contributed by atoms with Crippen LogP contribution in [0.4, 0.5) is 0 Å². The van der Waals surface area contributed by atoms with Crippen molar-refractivity contribution in [2.45, 2.75) is 26.2 Å². The van der Waals surface area contributed by atoms with E-state index in [0.29, 0.717) is 12.5 Å². The lowest BCUT2D eigenvalue weighted by Crippen LogP contribution is -2.21. The molecule has 19 heavy (non-hydrogen) atoms. The second kappa shape index (κ2) is 5.61. The first-order chi connectivity index (χ1) is 8.99. The van der Waals surface area contributed by atoms with Crippen LogP contribution in [0.1, 0.15) is 35.2 Å². The predicted octanol–water partition coefficient (Wildman–Crippen LogP) is 3.09. The van der Waals surface area contributed by atoms with Crippen molar-refractivity contribution >= 4 is 23.4 Å². The third-order valence-electron chi connectivity index (χ3n) is 3.31. The largest absolute Gasteiger partial charge is 0.491 e. The van der Waals surface area contributed by atoms with E-state index in [2.05, 4.69) is 0 Å². The summed E-state index contributed by atoms with van der Waals surface area (Å²) in [5.41, 5.74) is 0.752. The third kappa shape index (κ3) is 3.07. The van der Waals surface area contributed by atoms with Crippen LogP contribution in [0.2, 0.25) is 5.02 Å². The molecular formula is C14H15ClO4. The Morgan fingerprint density at radius 2 is 2.11 bits per heavy atom. The molecule has 1 N–H and O–H groups in total. The average Bonchev–Trinajstić information content (AvgIpc) is 2.27. The number of hydrogen-bond acceptors (Lipinski definition) is 3. The highest BCUT2D eigenvalue weighted by molar-refractivity contribution is 6.42. The highest BCUT2D eigenvalue weighted by Gasteiger charge is 2.24. The number of ketones is 1. The molecule has 0 atom stereocenters. The molecule has 0 aliphatic heterocycles. The van der Waals surface area contributed by atoms with Crippen LogP contribution >= 0.6 is 11.6 Å². The van der Waals surface area contributed by atoms with E-state index >= 15 is 0 Å². The predicted molar refractivity (Wildman–Crippen MR) is 71.0 cm³/mol. The molecule has 0 spiro atoms. The molecule has 0 unspecified atom stereocenters. The Morgan fingerprint density at radius 3 is 2.63 bits per heavy atom. The molecule has 0 bridgehead atoms. The normalized spacial score (nSPS) is 14.8. The van der Waals surface area contributed by atoms with Gasteiger partial charge in [0.1, 0.15) is 5.75 Å². The van der Waals surface area contributed by atoms with E-state index in [0.717, 1.165) is 18.4 Å². The van der Waals surface area contributed by atoms with Gasteiger partial charge in [-0.3, -0.25) is 4.79 Å². The van der Waals surface area contributed by atoms with Crippen molar-refractivity contribution in [2.75, 3.05) is 6.61 Å². The van der Waals surface area contributed by atoms with Crippen molar-refractivity contribution in [1.82, 2.24) is 0 Å². The number of Topliss-reactive ketones (excluding diaryl/α,β-unsaturated/α-hetero) is 1. The fraction of sp³-hybridized carbons (Fsp3) is 0.429. The van der Waals surface area contributed by atoms with E-state index in [-0.39, 0.29) is 16.3 Å². The minimum atomic E-state index is -1.50. The van der Waals surface area contributed by atoms with Gasteiger partial charge in [-0.1, -0.05) is 18.0 Å². The Balaban J connectivity index is 2.27. The van der Waals surface area contributed by atoms with E-state index in [1.807, 2.05) is 0 Å². The van der Waals surface area contributed by atoms with E-state index < -0.39 is 11.8 Å². The molecule has 0 radical (unpaired) electrons. The first kappa shape index (κ1) is 13.9. The van der Waals surface area contributed by atoms with Crippen molar-refractivity contribution in [3.05, 3.63) is 28.3 Å². The van der Waals surface area contributed by atoms with Crippen LogP contribution in [0.3, 0.4) is 0 Å². The quantitative estimate of drug-likeness (QED) is 0.666. The lowest BCUT2D eigenvalue weighted by atomic mass is 9.86. The monoisotopic (exact) mass is 282 g/mol. The topological polar surface area (TPSA) is 63.6 Å². The van der Waals surface area contributed by atoms with Gasteiger partial charge in [-0.2, -0.15) is 0 Å². The van der Waals surface area contributed by atoms with Crippen molar-refractivity contribution in [2.24, 2.45) is 5.92 Å². The lowest BCUT2D eigenvalue weighted by molar-refractivity contribution is -0.131. The zero-order valence-electron chi connectivity index (χ0n) is 10.6. The minimum Gasteiger partial charge on any atom is -0.491 e. The Morgan fingerprint density at radius 1 is 1.42 bits per heavy atom. The van der Waals surface area contributed by atoms with Crippen LogP contribution in [0.25, 0.3) is 0 Å². The van der Waals surface area contributed by atoms with Crippen molar-refractivity contribution in [1.29, 1.82) is 0 Å². The first-order valence-electron chi connectivity index (χ1n) is 6.19. The van der Waals surface area contributed by atoms with Crippen LogP contribution in [0.15, 0.2) is 12.1 Å². The Hall–Kier alpha value is -1.55. The van der Waals surface area contributed by atoms with E-state index in [1.165, 1.54) is 12.5 Å². The van der Waals surface area contributed by atoms with Crippen LogP contribution in [0.5, 0.6) is 5.75 Å². The molecule has 0 saturated heterocycles. The summed E-state index contributed by atoms with van der Waals surface area (Å²) in [7, 11) is 0. The number of carboxylic acid groups (broad SMARTS) is 1. The van der Waals surface area contributed by atoms with Gasteiger partial charge in [-0.05, 0) is 43.4 Å². The number of benzene rings is 1. The molecule has 2 rings (SSSR count). The number of hydrogen-bond donors (Lipinski definition) is 1. The highest BCUT2D eigenvalue weighted by Crippen LogP contribution is 2.33. The molecule has 0 amide bonds. The van der Waals surface area contributed by atoms with E-state index in [4.69, 9.17) is 21.4 Å². The summed E-state index contributed by atoms with van der Waals surface area (Å²) in [6.07, 6.45) is 3.40. The standard InChI is InChI=1S/C14H15ClO4/c1-8-5-10(12(16)14(17)18)13(11(15)6-8)19-7-9-3-2-4-9/h5-6,9H,2-4,7H2,1H3,(H,17,18). The number of halogens is 1. The summed E-state index contributed by atoms with van der Waals surface area (Å²) in [6, 6.07) is 3.16. The van der Waals surface area contributed by atoms with Crippen LogP contribution in [0, 0.1) is 12.8 Å². The zero-order valence-corrected chi connectivity index (χ0v) is 11.4. The van der Waals surface area contributed by atoms with Gasteiger partial charge < -0.3 is 9.84 Å². The van der Waals surface area contributed by atoms with Gasteiger partial charge in [-0.15, -0.1) is 0 Å². The van der Waals surface area contributed by atoms with E-state index in [1.54, 1.807) is 13.0 Å². The number of aliphatic carboxylic acids is 1. The molecule has 0 aromatic heterocycles. The lowest BCUT2D eigenvalue weighted by Gasteiger charge is -2.25. The van der Waals surface area contributed by atoms with E-state index in [9.17, 15) is 9.59 Å². The second-order valence-corrected chi connectivity index (χ2v) is 5.27. The fourth-order valence-electron chi connectivity index (χ4n) is 2.02. The van der Waals surface area contributed by atoms with Gasteiger partial charge in [0.25, 0.3) is 5.78 Å². The summed E-state index contributed by atoms with van der Waals surface area (Å²) in [5.74, 6) is -1.83. The molecule has 1 aliphatic carbocycles. The SMILES string of the molecule is Cc1cc(Cl)c(OCC2CCC2)c(C(=O)C(=O)O)c1. The molecule has 1 aromatic carbocycles. The van der Waals surface area contributed by atoms with Gasteiger partial charge in [0.05, 0.1) is 17.2 Å². The summed E-state index contributed by atoms with van der Waals surface area (Å²) < 4.78 is 5.58. The molecule has 1 aromatic rings. The van der Waals surface area contributed by atoms with Crippen molar-refractivity contribution in [3.63, 3.8) is 0 Å². The summed E-state index contributed by atoms with van der Waals surface area (Å²) in [4.78, 5) is 22.5. The summed E-state index contributed by atoms with van der Waals surface area (Å²) >= 11 is 6.06. The molecule has 5 heteroatoms. The van der Waals surface area contributed by atoms with Gasteiger partial charge in [-0.25, -0.2) is 4.79 Å². The maximum absolute atomic E-state index is 11.7. The number of rotatable bonds is 5. The molecule has 102 valence electrons. The smallest absolute Gasteiger partial charge is 0.377 e. The minimum absolute atomic E-state index is 0.0248. The molecule has 0 heterocycles. The number of carbonyl (C=O) groups excluding carboxylic acids is 1. The fourth-order valence-corrected chi connectivity index (χ4v) is 2.35. The highest BCUT2D eigenvalue weighted by atomic mass is 35.5. The Bertz CT molecular complexity index is 520. The third-order valence-corrected chi connectivity index (χ3v) is 3.60. The zero-order chi connectivity index (χ0) is 14.0. The van der Waals surface area contributed by atoms with Gasteiger partial charge >= 0.3 is 5.97 Å². The van der Waals surface area contributed by atoms with Crippen LogP contribution in [-0.2, 0) is 4.79 Å². The molecule has 4 nitrogen and oxygen atoms in total. The number of carbonyl (C=O) groups is 2.